The van der Waals surface area contributed by atoms with Crippen LogP contribution in [-0.2, 0) is 0 Å². The molecule has 0 heterocycles. The maximum Gasteiger partial charge on any atom is 0.406 e. The van der Waals surface area contributed by atoms with Gasteiger partial charge in [0.05, 0.1) is 15.6 Å². The molecular weight excluding hydrogens is 370 g/mol. The van der Waals surface area contributed by atoms with E-state index in [9.17, 15) is 18.0 Å². The molecule has 2 nitrogen and oxygen atoms in total. The molecule has 8 heteroatoms. The van der Waals surface area contributed by atoms with Gasteiger partial charge in [0.15, 0.2) is 0 Å². The number of nitrogens with zero attached hydrogens (tertiary/aromatic N) is 1. The molecule has 0 fully saturated rings. The number of hydrogen-bond donors (Lipinski definition) is 0. The molecule has 0 aliphatic carbocycles. The molecule has 0 N–H and O–H groups in total. The highest BCUT2D eigenvalue weighted by Crippen LogP contribution is 2.27. The SMILES string of the molecule is O=C(c1c(Cl)cccc1Cl)N(CCBr)CC(F)(F)F. The Morgan fingerprint density at radius 3 is 2.21 bits per heavy atom. The lowest BCUT2D eigenvalue weighted by atomic mass is 10.2. The lowest BCUT2D eigenvalue weighted by Gasteiger charge is -2.24. The summed E-state index contributed by atoms with van der Waals surface area (Å²) in [6, 6.07) is 4.32. The Morgan fingerprint density at radius 1 is 1.26 bits per heavy atom. The number of carbonyl (C=O) groups excluding carboxylic acids is 1. The van der Waals surface area contributed by atoms with Crippen LogP contribution in [0, 0.1) is 0 Å². The van der Waals surface area contributed by atoms with E-state index >= 15 is 0 Å². The molecule has 0 atom stereocenters. The van der Waals surface area contributed by atoms with E-state index < -0.39 is 18.6 Å². The van der Waals surface area contributed by atoms with Crippen LogP contribution in [0.5, 0.6) is 0 Å². The van der Waals surface area contributed by atoms with Crippen LogP contribution in [0.2, 0.25) is 10.0 Å². The zero-order valence-electron chi connectivity index (χ0n) is 9.48. The predicted molar refractivity (Wildman–Crippen MR) is 72.2 cm³/mol. The van der Waals surface area contributed by atoms with Gasteiger partial charge in [0.1, 0.15) is 6.54 Å². The molecule has 0 saturated heterocycles. The van der Waals surface area contributed by atoms with Crippen molar-refractivity contribution in [2.75, 3.05) is 18.4 Å². The second-order valence-electron chi connectivity index (χ2n) is 3.63. The molecule has 0 aliphatic heterocycles. The Labute approximate surface area is 126 Å². The fourth-order valence-electron chi connectivity index (χ4n) is 1.43. The zero-order valence-corrected chi connectivity index (χ0v) is 12.6. The zero-order chi connectivity index (χ0) is 14.6. The summed E-state index contributed by atoms with van der Waals surface area (Å²) in [5, 5.41) is 0.273. The molecule has 1 aromatic carbocycles. The Balaban J connectivity index is 3.06. The van der Waals surface area contributed by atoms with Gasteiger partial charge in [-0.1, -0.05) is 45.2 Å². The number of rotatable bonds is 4. The van der Waals surface area contributed by atoms with Crippen molar-refractivity contribution in [3.05, 3.63) is 33.8 Å². The van der Waals surface area contributed by atoms with Crippen LogP contribution in [-0.4, -0.2) is 35.4 Å². The van der Waals surface area contributed by atoms with Crippen molar-refractivity contribution in [3.63, 3.8) is 0 Å². The van der Waals surface area contributed by atoms with Crippen molar-refractivity contribution in [2.24, 2.45) is 0 Å². The minimum absolute atomic E-state index is 0.0271. The highest BCUT2D eigenvalue weighted by Gasteiger charge is 2.34. The van der Waals surface area contributed by atoms with E-state index in [0.29, 0.717) is 4.90 Å². The number of amides is 1. The molecule has 0 unspecified atom stereocenters. The molecule has 19 heavy (non-hydrogen) atoms. The molecule has 0 spiro atoms. The summed E-state index contributed by atoms with van der Waals surface area (Å²) in [6.45, 7) is -1.45. The van der Waals surface area contributed by atoms with E-state index in [2.05, 4.69) is 15.9 Å². The predicted octanol–water partition coefficient (Wildman–Crippen LogP) is 4.39. The van der Waals surface area contributed by atoms with Crippen molar-refractivity contribution in [1.29, 1.82) is 0 Å². The van der Waals surface area contributed by atoms with Gasteiger partial charge in [0, 0.05) is 11.9 Å². The molecule has 0 bridgehead atoms. The van der Waals surface area contributed by atoms with Gasteiger partial charge in [0.2, 0.25) is 0 Å². The molecule has 1 aromatic rings. The van der Waals surface area contributed by atoms with Gasteiger partial charge in [-0.05, 0) is 12.1 Å². The van der Waals surface area contributed by atoms with Gasteiger partial charge in [0.25, 0.3) is 5.91 Å². The third-order valence-electron chi connectivity index (χ3n) is 2.19. The molecule has 1 rings (SSSR count). The van der Waals surface area contributed by atoms with Crippen LogP contribution >= 0.6 is 39.1 Å². The van der Waals surface area contributed by atoms with Crippen LogP contribution in [0.3, 0.4) is 0 Å². The van der Waals surface area contributed by atoms with Gasteiger partial charge in [-0.2, -0.15) is 13.2 Å². The fourth-order valence-corrected chi connectivity index (χ4v) is 2.42. The van der Waals surface area contributed by atoms with Crippen molar-refractivity contribution in [2.45, 2.75) is 6.18 Å². The summed E-state index contributed by atoms with van der Waals surface area (Å²) in [4.78, 5) is 12.7. The quantitative estimate of drug-likeness (QED) is 0.711. The summed E-state index contributed by atoms with van der Waals surface area (Å²) in [7, 11) is 0. The number of benzene rings is 1. The number of halogens is 6. The Kier molecular flexibility index (Phi) is 5.95. The number of carbonyl (C=O) groups is 1. The Hall–Kier alpha value is -0.460. The summed E-state index contributed by atoms with van der Waals surface area (Å²) in [6.07, 6.45) is -4.48. The topological polar surface area (TPSA) is 20.3 Å². The molecule has 1 amide bonds. The normalized spacial score (nSPS) is 11.5. The number of hydrogen-bond acceptors (Lipinski definition) is 1. The minimum atomic E-state index is -4.48. The highest BCUT2D eigenvalue weighted by atomic mass is 79.9. The summed E-state index contributed by atoms with van der Waals surface area (Å²) in [5.41, 5.74) is -0.115. The third-order valence-corrected chi connectivity index (χ3v) is 3.17. The second kappa shape index (κ2) is 6.81. The van der Waals surface area contributed by atoms with Crippen LogP contribution < -0.4 is 0 Å². The van der Waals surface area contributed by atoms with E-state index in [0.717, 1.165) is 0 Å². The first kappa shape index (κ1) is 16.6. The van der Waals surface area contributed by atoms with E-state index in [1.807, 2.05) is 0 Å². The van der Waals surface area contributed by atoms with Crippen molar-refractivity contribution in [1.82, 2.24) is 4.90 Å². The van der Waals surface area contributed by atoms with E-state index in [1.54, 1.807) is 0 Å². The third kappa shape index (κ3) is 4.85. The van der Waals surface area contributed by atoms with Crippen LogP contribution in [0.15, 0.2) is 18.2 Å². The smallest absolute Gasteiger partial charge is 0.329 e. The second-order valence-corrected chi connectivity index (χ2v) is 5.23. The lowest BCUT2D eigenvalue weighted by molar-refractivity contribution is -0.140. The van der Waals surface area contributed by atoms with Gasteiger partial charge in [-0.25, -0.2) is 0 Å². The van der Waals surface area contributed by atoms with Crippen molar-refractivity contribution >= 4 is 45.0 Å². The number of alkyl halides is 4. The van der Waals surface area contributed by atoms with Gasteiger partial charge < -0.3 is 4.90 Å². The maximum absolute atomic E-state index is 12.4. The van der Waals surface area contributed by atoms with Crippen LogP contribution in [0.4, 0.5) is 13.2 Å². The molecule has 106 valence electrons. The standard InChI is InChI=1S/C11H9BrCl2F3NO/c12-4-5-18(6-11(15,16)17)10(19)9-7(13)2-1-3-8(9)14/h1-3H,4-6H2. The van der Waals surface area contributed by atoms with E-state index in [1.165, 1.54) is 18.2 Å². The first-order valence-corrected chi connectivity index (χ1v) is 7.00. The average Bonchev–Trinajstić information content (AvgIpc) is 2.26. The monoisotopic (exact) mass is 377 g/mol. The first-order valence-electron chi connectivity index (χ1n) is 5.12. The van der Waals surface area contributed by atoms with E-state index in [4.69, 9.17) is 23.2 Å². The summed E-state index contributed by atoms with van der Waals surface area (Å²) in [5.74, 6) is -0.840. The van der Waals surface area contributed by atoms with E-state index in [-0.39, 0.29) is 27.5 Å². The highest BCUT2D eigenvalue weighted by molar-refractivity contribution is 9.09. The van der Waals surface area contributed by atoms with Crippen molar-refractivity contribution in [3.8, 4) is 0 Å². The molecule has 0 radical (unpaired) electrons. The van der Waals surface area contributed by atoms with Gasteiger partial charge in [-0.15, -0.1) is 0 Å². The maximum atomic E-state index is 12.4. The molecule has 0 aliphatic rings. The fraction of sp³-hybridized carbons (Fsp3) is 0.364. The summed E-state index contributed by atoms with van der Waals surface area (Å²) < 4.78 is 37.3. The van der Waals surface area contributed by atoms with Crippen LogP contribution in [0.1, 0.15) is 10.4 Å². The molecular formula is C11H9BrCl2F3NO. The summed E-state index contributed by atoms with van der Waals surface area (Å²) >= 11 is 14.6. The average molecular weight is 379 g/mol. The Morgan fingerprint density at radius 2 is 1.79 bits per heavy atom. The molecule has 0 aromatic heterocycles. The first-order chi connectivity index (χ1) is 8.76. The van der Waals surface area contributed by atoms with Crippen molar-refractivity contribution < 1.29 is 18.0 Å². The lowest BCUT2D eigenvalue weighted by Crippen LogP contribution is -2.40. The molecule has 0 saturated carbocycles. The van der Waals surface area contributed by atoms with Crippen LogP contribution in [0.25, 0.3) is 0 Å². The minimum Gasteiger partial charge on any atom is -0.329 e. The van der Waals surface area contributed by atoms with Gasteiger partial charge >= 0.3 is 6.18 Å². The largest absolute Gasteiger partial charge is 0.406 e. The van der Waals surface area contributed by atoms with Gasteiger partial charge in [-0.3, -0.25) is 4.79 Å². The Bertz CT molecular complexity index is 447.